The van der Waals surface area contributed by atoms with Crippen molar-refractivity contribution in [2.24, 2.45) is 5.92 Å². The van der Waals surface area contributed by atoms with Gasteiger partial charge in [0.1, 0.15) is 0 Å². The molecule has 1 heterocycles. The number of carboxylic acids is 1. The third kappa shape index (κ3) is 4.70. The predicted molar refractivity (Wildman–Crippen MR) is 101 cm³/mol. The molecule has 1 saturated heterocycles. The standard InChI is InChI=1S/C22H27NO2/c1-16(2)20-7-3-17(4-8-20)13-19-11-12-23(15-19)14-18-5-9-21(10-6-18)22(24)25/h3-10,16,19H,11-15H2,1-2H3,(H,24,25). The van der Waals surface area contributed by atoms with Gasteiger partial charge in [0.25, 0.3) is 0 Å². The van der Waals surface area contributed by atoms with Crippen molar-refractivity contribution in [1.29, 1.82) is 0 Å². The van der Waals surface area contributed by atoms with Crippen LogP contribution >= 0.6 is 0 Å². The Hall–Kier alpha value is -2.13. The second-order valence-electron chi connectivity index (χ2n) is 7.49. The van der Waals surface area contributed by atoms with E-state index in [1.165, 1.54) is 23.1 Å². The first kappa shape index (κ1) is 17.7. The normalized spacial score (nSPS) is 18.0. The Bertz CT molecular complexity index is 704. The number of nitrogens with zero attached hydrogens (tertiary/aromatic N) is 1. The van der Waals surface area contributed by atoms with Gasteiger partial charge in [0.2, 0.25) is 0 Å². The number of likely N-dealkylation sites (tertiary alicyclic amines) is 1. The topological polar surface area (TPSA) is 40.5 Å². The highest BCUT2D eigenvalue weighted by Crippen LogP contribution is 2.24. The van der Waals surface area contributed by atoms with E-state index < -0.39 is 5.97 Å². The first-order chi connectivity index (χ1) is 12.0. The Kier molecular flexibility index (Phi) is 5.54. The minimum absolute atomic E-state index is 0.355. The molecule has 0 radical (unpaired) electrons. The van der Waals surface area contributed by atoms with Gasteiger partial charge in [-0.05, 0) is 60.0 Å². The van der Waals surface area contributed by atoms with Crippen molar-refractivity contribution in [2.75, 3.05) is 13.1 Å². The molecule has 1 fully saturated rings. The minimum Gasteiger partial charge on any atom is -0.478 e. The average Bonchev–Trinajstić information content (AvgIpc) is 3.02. The lowest BCUT2D eigenvalue weighted by atomic mass is 9.96. The molecule has 2 aromatic carbocycles. The van der Waals surface area contributed by atoms with Crippen molar-refractivity contribution < 1.29 is 9.90 Å². The van der Waals surface area contributed by atoms with E-state index >= 15 is 0 Å². The Morgan fingerprint density at radius 3 is 2.32 bits per heavy atom. The van der Waals surface area contributed by atoms with E-state index in [2.05, 4.69) is 43.0 Å². The number of benzene rings is 2. The van der Waals surface area contributed by atoms with E-state index in [4.69, 9.17) is 5.11 Å². The smallest absolute Gasteiger partial charge is 0.335 e. The summed E-state index contributed by atoms with van der Waals surface area (Å²) in [4.78, 5) is 13.4. The number of hydrogen-bond donors (Lipinski definition) is 1. The molecule has 0 bridgehead atoms. The first-order valence-electron chi connectivity index (χ1n) is 9.14. The van der Waals surface area contributed by atoms with E-state index in [1.807, 2.05) is 12.1 Å². The van der Waals surface area contributed by atoms with E-state index in [1.54, 1.807) is 12.1 Å². The van der Waals surface area contributed by atoms with E-state index in [9.17, 15) is 4.79 Å². The molecule has 3 rings (SSSR count). The summed E-state index contributed by atoms with van der Waals surface area (Å²) in [6, 6.07) is 16.3. The minimum atomic E-state index is -0.865. The van der Waals surface area contributed by atoms with Crippen LogP contribution in [-0.4, -0.2) is 29.1 Å². The summed E-state index contributed by atoms with van der Waals surface area (Å²) < 4.78 is 0. The Morgan fingerprint density at radius 1 is 1.08 bits per heavy atom. The van der Waals surface area contributed by atoms with Crippen LogP contribution in [0.4, 0.5) is 0 Å². The zero-order chi connectivity index (χ0) is 17.8. The summed E-state index contributed by atoms with van der Waals surface area (Å²) in [6.07, 6.45) is 2.38. The monoisotopic (exact) mass is 337 g/mol. The highest BCUT2D eigenvalue weighted by molar-refractivity contribution is 5.87. The maximum Gasteiger partial charge on any atom is 0.335 e. The molecule has 1 atom stereocenters. The molecular weight excluding hydrogens is 310 g/mol. The lowest BCUT2D eigenvalue weighted by Crippen LogP contribution is -2.20. The Balaban J connectivity index is 1.52. The molecule has 1 unspecified atom stereocenters. The van der Waals surface area contributed by atoms with Crippen LogP contribution in [-0.2, 0) is 13.0 Å². The van der Waals surface area contributed by atoms with Gasteiger partial charge in [0, 0.05) is 13.1 Å². The van der Waals surface area contributed by atoms with Gasteiger partial charge in [0.15, 0.2) is 0 Å². The fourth-order valence-electron chi connectivity index (χ4n) is 3.61. The molecule has 1 aliphatic rings. The van der Waals surface area contributed by atoms with Crippen LogP contribution in [0, 0.1) is 5.92 Å². The summed E-state index contributed by atoms with van der Waals surface area (Å²) >= 11 is 0. The first-order valence-corrected chi connectivity index (χ1v) is 9.14. The van der Waals surface area contributed by atoms with E-state index in [0.717, 1.165) is 26.1 Å². The molecule has 25 heavy (non-hydrogen) atoms. The van der Waals surface area contributed by atoms with Crippen LogP contribution in [0.5, 0.6) is 0 Å². The fraction of sp³-hybridized carbons (Fsp3) is 0.409. The van der Waals surface area contributed by atoms with Gasteiger partial charge >= 0.3 is 5.97 Å². The molecule has 1 aliphatic heterocycles. The van der Waals surface area contributed by atoms with Crippen molar-refractivity contribution in [2.45, 2.75) is 39.2 Å². The SMILES string of the molecule is CC(C)c1ccc(CC2CCN(Cc3ccc(C(=O)O)cc3)C2)cc1. The largest absolute Gasteiger partial charge is 0.478 e. The molecule has 2 aromatic rings. The van der Waals surface area contributed by atoms with Crippen molar-refractivity contribution in [1.82, 2.24) is 4.90 Å². The van der Waals surface area contributed by atoms with Gasteiger partial charge in [-0.1, -0.05) is 50.2 Å². The van der Waals surface area contributed by atoms with Crippen molar-refractivity contribution in [3.8, 4) is 0 Å². The van der Waals surface area contributed by atoms with Gasteiger partial charge in [-0.3, -0.25) is 4.90 Å². The van der Waals surface area contributed by atoms with Crippen LogP contribution in [0.25, 0.3) is 0 Å². The molecular formula is C22H27NO2. The average molecular weight is 337 g/mol. The maximum absolute atomic E-state index is 10.9. The van der Waals surface area contributed by atoms with Crippen LogP contribution in [0.15, 0.2) is 48.5 Å². The van der Waals surface area contributed by atoms with Crippen molar-refractivity contribution in [3.05, 3.63) is 70.8 Å². The third-order valence-corrected chi connectivity index (χ3v) is 5.15. The Labute approximate surface area is 150 Å². The van der Waals surface area contributed by atoms with Gasteiger partial charge in [-0.25, -0.2) is 4.79 Å². The van der Waals surface area contributed by atoms with E-state index in [0.29, 0.717) is 17.4 Å². The number of hydrogen-bond acceptors (Lipinski definition) is 2. The second-order valence-corrected chi connectivity index (χ2v) is 7.49. The number of aromatic carboxylic acids is 1. The highest BCUT2D eigenvalue weighted by Gasteiger charge is 2.22. The quantitative estimate of drug-likeness (QED) is 0.839. The predicted octanol–water partition coefficient (Wildman–Crippen LogP) is 4.57. The molecule has 0 amide bonds. The summed E-state index contributed by atoms with van der Waals surface area (Å²) in [6.45, 7) is 7.60. The Morgan fingerprint density at radius 2 is 1.72 bits per heavy atom. The molecule has 3 heteroatoms. The molecule has 0 aliphatic carbocycles. The van der Waals surface area contributed by atoms with Crippen LogP contribution in [0.3, 0.4) is 0 Å². The van der Waals surface area contributed by atoms with Crippen LogP contribution in [0.2, 0.25) is 0 Å². The fourth-order valence-corrected chi connectivity index (χ4v) is 3.61. The van der Waals surface area contributed by atoms with Gasteiger partial charge in [-0.15, -0.1) is 0 Å². The second kappa shape index (κ2) is 7.83. The molecule has 132 valence electrons. The summed E-state index contributed by atoms with van der Waals surface area (Å²) in [7, 11) is 0. The third-order valence-electron chi connectivity index (χ3n) is 5.15. The zero-order valence-electron chi connectivity index (χ0n) is 15.1. The van der Waals surface area contributed by atoms with Crippen molar-refractivity contribution >= 4 is 5.97 Å². The number of rotatable bonds is 6. The highest BCUT2D eigenvalue weighted by atomic mass is 16.4. The molecule has 1 N–H and O–H groups in total. The summed E-state index contributed by atoms with van der Waals surface area (Å²) in [5, 5.41) is 8.97. The van der Waals surface area contributed by atoms with Crippen molar-refractivity contribution in [3.63, 3.8) is 0 Å². The van der Waals surface area contributed by atoms with Gasteiger partial charge in [0.05, 0.1) is 5.56 Å². The number of carboxylic acid groups (broad SMARTS) is 1. The lowest BCUT2D eigenvalue weighted by molar-refractivity contribution is 0.0697. The van der Waals surface area contributed by atoms with Crippen LogP contribution in [0.1, 0.15) is 53.2 Å². The van der Waals surface area contributed by atoms with E-state index in [-0.39, 0.29) is 0 Å². The van der Waals surface area contributed by atoms with Gasteiger partial charge < -0.3 is 5.11 Å². The summed E-state index contributed by atoms with van der Waals surface area (Å²) in [5.41, 5.74) is 4.38. The van der Waals surface area contributed by atoms with Gasteiger partial charge in [-0.2, -0.15) is 0 Å². The summed E-state index contributed by atoms with van der Waals surface area (Å²) in [5.74, 6) is 0.433. The lowest BCUT2D eigenvalue weighted by Gasteiger charge is -2.16. The van der Waals surface area contributed by atoms with Crippen LogP contribution < -0.4 is 0 Å². The molecule has 0 saturated carbocycles. The molecule has 0 aromatic heterocycles. The maximum atomic E-state index is 10.9. The molecule has 3 nitrogen and oxygen atoms in total. The number of carbonyl (C=O) groups is 1. The zero-order valence-corrected chi connectivity index (χ0v) is 15.1. The molecule has 0 spiro atoms.